The van der Waals surface area contributed by atoms with E-state index < -0.39 is 36.4 Å². The zero-order valence-electron chi connectivity index (χ0n) is 10.5. The van der Waals surface area contributed by atoms with Crippen molar-refractivity contribution in [2.75, 3.05) is 13.1 Å². The summed E-state index contributed by atoms with van der Waals surface area (Å²) < 4.78 is 39.1. The molecule has 0 bridgehead atoms. The molecule has 1 aromatic rings. The lowest BCUT2D eigenvalue weighted by Gasteiger charge is -2.27. The molecule has 2 heterocycles. The maximum absolute atomic E-state index is 13.0. The van der Waals surface area contributed by atoms with Gasteiger partial charge in [-0.1, -0.05) is 11.6 Å². The Bertz CT molecular complexity index is 593. The van der Waals surface area contributed by atoms with E-state index in [-0.39, 0.29) is 17.1 Å². The van der Waals surface area contributed by atoms with Crippen LogP contribution >= 0.6 is 11.6 Å². The summed E-state index contributed by atoms with van der Waals surface area (Å²) in [6.45, 7) is -1.23. The van der Waals surface area contributed by atoms with Crippen LogP contribution in [0.5, 0.6) is 0 Å². The number of carbonyl (C=O) groups is 2. The van der Waals surface area contributed by atoms with Gasteiger partial charge in [0.05, 0.1) is 10.6 Å². The highest BCUT2D eigenvalue weighted by molar-refractivity contribution is 6.33. The Morgan fingerprint density at radius 2 is 2.10 bits per heavy atom. The van der Waals surface area contributed by atoms with Crippen molar-refractivity contribution in [3.8, 4) is 0 Å². The zero-order chi connectivity index (χ0) is 15.8. The summed E-state index contributed by atoms with van der Waals surface area (Å²) >= 11 is 5.77. The first-order valence-corrected chi connectivity index (χ1v) is 6.26. The van der Waals surface area contributed by atoms with Crippen molar-refractivity contribution < 1.29 is 27.9 Å². The first-order valence-electron chi connectivity index (χ1n) is 5.88. The molecule has 0 spiro atoms. The maximum atomic E-state index is 13.0. The van der Waals surface area contributed by atoms with E-state index in [9.17, 15) is 22.8 Å². The molecule has 5 nitrogen and oxygen atoms in total. The summed E-state index contributed by atoms with van der Waals surface area (Å²) in [6.07, 6.45) is -3.14. The fourth-order valence-corrected chi connectivity index (χ4v) is 2.43. The Kier molecular flexibility index (Phi) is 3.83. The van der Waals surface area contributed by atoms with Gasteiger partial charge in [-0.15, -0.1) is 0 Å². The van der Waals surface area contributed by atoms with Crippen molar-refractivity contribution in [1.82, 2.24) is 9.88 Å². The number of carboxylic acids is 1. The largest absolute Gasteiger partial charge is 0.481 e. The van der Waals surface area contributed by atoms with Gasteiger partial charge < -0.3 is 10.0 Å². The van der Waals surface area contributed by atoms with Crippen molar-refractivity contribution in [1.29, 1.82) is 0 Å². The average Bonchev–Trinajstić information content (AvgIpc) is 2.84. The third kappa shape index (κ3) is 2.55. The molecule has 1 atom stereocenters. The third-order valence-electron chi connectivity index (χ3n) is 3.51. The highest BCUT2D eigenvalue weighted by atomic mass is 35.5. The van der Waals surface area contributed by atoms with E-state index >= 15 is 0 Å². The fraction of sp³-hybridized carbons (Fsp3) is 0.417. The third-order valence-corrected chi connectivity index (χ3v) is 3.81. The number of aromatic nitrogens is 1. The monoisotopic (exact) mass is 322 g/mol. The van der Waals surface area contributed by atoms with Gasteiger partial charge in [0, 0.05) is 25.5 Å². The number of alkyl halides is 3. The summed E-state index contributed by atoms with van der Waals surface area (Å²) in [7, 11) is 0. The highest BCUT2D eigenvalue weighted by Gasteiger charge is 2.64. The molecule has 1 unspecified atom stereocenters. The van der Waals surface area contributed by atoms with Gasteiger partial charge in [-0.2, -0.15) is 13.2 Å². The second-order valence-electron chi connectivity index (χ2n) is 4.72. The molecular formula is C12H10ClF3N2O3. The number of pyridine rings is 1. The molecule has 1 aliphatic rings. The molecule has 9 heteroatoms. The van der Waals surface area contributed by atoms with Crippen molar-refractivity contribution in [3.63, 3.8) is 0 Å². The standard InChI is InChI=1S/C12H10ClF3N2O3/c13-8-5-17-3-1-7(8)9(19)18-4-2-11(6-18,10(20)21)12(14,15)16/h1,3,5H,2,4,6H2,(H,20,21). The lowest BCUT2D eigenvalue weighted by molar-refractivity contribution is -0.227. The minimum atomic E-state index is -4.93. The van der Waals surface area contributed by atoms with Crippen molar-refractivity contribution in [3.05, 3.63) is 29.0 Å². The second-order valence-corrected chi connectivity index (χ2v) is 5.12. The molecular weight excluding hydrogens is 313 g/mol. The maximum Gasteiger partial charge on any atom is 0.406 e. The van der Waals surface area contributed by atoms with Crippen LogP contribution in [0.25, 0.3) is 0 Å². The van der Waals surface area contributed by atoms with Crippen molar-refractivity contribution in [2.45, 2.75) is 12.6 Å². The number of halogens is 4. The van der Waals surface area contributed by atoms with Crippen LogP contribution in [0.4, 0.5) is 13.2 Å². The Morgan fingerprint density at radius 3 is 2.57 bits per heavy atom. The van der Waals surface area contributed by atoms with Gasteiger partial charge in [-0.05, 0) is 12.5 Å². The normalized spacial score (nSPS) is 22.4. The number of carboxylic acid groups (broad SMARTS) is 1. The van der Waals surface area contributed by atoms with Gasteiger partial charge >= 0.3 is 12.1 Å². The molecule has 1 aromatic heterocycles. The molecule has 0 saturated carbocycles. The molecule has 0 radical (unpaired) electrons. The topological polar surface area (TPSA) is 70.5 Å². The molecule has 0 aromatic carbocycles. The van der Waals surface area contributed by atoms with Crippen LogP contribution in [0.3, 0.4) is 0 Å². The summed E-state index contributed by atoms with van der Waals surface area (Å²) in [6, 6.07) is 1.28. The zero-order valence-corrected chi connectivity index (χ0v) is 11.3. The molecule has 0 aliphatic carbocycles. The molecule has 1 fully saturated rings. The average molecular weight is 323 g/mol. The summed E-state index contributed by atoms with van der Waals surface area (Å²) in [5.74, 6) is -2.72. The molecule has 21 heavy (non-hydrogen) atoms. The van der Waals surface area contributed by atoms with Gasteiger partial charge in [0.15, 0.2) is 5.41 Å². The minimum absolute atomic E-state index is 0.00216. The number of rotatable bonds is 2. The highest BCUT2D eigenvalue weighted by Crippen LogP contribution is 2.46. The van der Waals surface area contributed by atoms with Crippen LogP contribution in [0, 0.1) is 5.41 Å². The molecule has 1 aliphatic heterocycles. The van der Waals surface area contributed by atoms with E-state index in [4.69, 9.17) is 16.7 Å². The molecule has 1 saturated heterocycles. The van der Waals surface area contributed by atoms with Crippen LogP contribution in [-0.2, 0) is 4.79 Å². The number of nitrogens with zero attached hydrogens (tertiary/aromatic N) is 2. The van der Waals surface area contributed by atoms with E-state index in [0.717, 1.165) is 4.90 Å². The van der Waals surface area contributed by atoms with Crippen LogP contribution in [0.1, 0.15) is 16.8 Å². The van der Waals surface area contributed by atoms with Gasteiger partial charge in [0.1, 0.15) is 0 Å². The first kappa shape index (κ1) is 15.6. The summed E-state index contributed by atoms with van der Waals surface area (Å²) in [5, 5.41) is 8.93. The Balaban J connectivity index is 2.28. The van der Waals surface area contributed by atoms with Crippen LogP contribution in [-0.4, -0.2) is 46.1 Å². The summed E-state index contributed by atoms with van der Waals surface area (Å²) in [4.78, 5) is 27.7. The van der Waals surface area contributed by atoms with E-state index in [0.29, 0.717) is 0 Å². The predicted octanol–water partition coefficient (Wildman–Crippen LogP) is 2.21. The van der Waals surface area contributed by atoms with E-state index in [1.54, 1.807) is 0 Å². The molecule has 2 rings (SSSR count). The number of aliphatic carboxylic acids is 1. The van der Waals surface area contributed by atoms with E-state index in [2.05, 4.69) is 4.98 Å². The quantitative estimate of drug-likeness (QED) is 0.906. The van der Waals surface area contributed by atoms with Crippen molar-refractivity contribution in [2.24, 2.45) is 5.41 Å². The lowest BCUT2D eigenvalue weighted by Crippen LogP contribution is -2.47. The summed E-state index contributed by atoms with van der Waals surface area (Å²) in [5.41, 5.74) is -2.93. The molecule has 1 amide bonds. The minimum Gasteiger partial charge on any atom is -0.481 e. The number of amides is 1. The second kappa shape index (κ2) is 5.18. The van der Waals surface area contributed by atoms with E-state index in [1.807, 2.05) is 0 Å². The number of hydrogen-bond donors (Lipinski definition) is 1. The lowest BCUT2D eigenvalue weighted by atomic mass is 9.86. The Morgan fingerprint density at radius 1 is 1.43 bits per heavy atom. The first-order chi connectivity index (χ1) is 9.69. The van der Waals surface area contributed by atoms with Crippen LogP contribution < -0.4 is 0 Å². The fourth-order valence-electron chi connectivity index (χ4n) is 2.23. The molecule has 114 valence electrons. The number of hydrogen-bond acceptors (Lipinski definition) is 3. The Hall–Kier alpha value is -1.83. The van der Waals surface area contributed by atoms with Gasteiger partial charge in [-0.3, -0.25) is 14.6 Å². The Labute approximate surface area is 122 Å². The van der Waals surface area contributed by atoms with Crippen molar-refractivity contribution >= 4 is 23.5 Å². The smallest absolute Gasteiger partial charge is 0.406 e. The van der Waals surface area contributed by atoms with Crippen LogP contribution in [0.15, 0.2) is 18.5 Å². The number of carbonyl (C=O) groups excluding carboxylic acids is 1. The van der Waals surface area contributed by atoms with Gasteiger partial charge in [0.25, 0.3) is 5.91 Å². The van der Waals surface area contributed by atoms with E-state index in [1.165, 1.54) is 18.5 Å². The van der Waals surface area contributed by atoms with Gasteiger partial charge in [-0.25, -0.2) is 0 Å². The van der Waals surface area contributed by atoms with Crippen LogP contribution in [0.2, 0.25) is 5.02 Å². The predicted molar refractivity (Wildman–Crippen MR) is 65.9 cm³/mol. The number of likely N-dealkylation sites (tertiary alicyclic amines) is 1. The SMILES string of the molecule is O=C(c1ccncc1Cl)N1CCC(C(=O)O)(C(F)(F)F)C1. The molecule has 1 N–H and O–H groups in total. The van der Waals surface area contributed by atoms with Gasteiger partial charge in [0.2, 0.25) is 0 Å².